The maximum atomic E-state index is 5.98. The fourth-order valence-electron chi connectivity index (χ4n) is 3.01. The van der Waals surface area contributed by atoms with Gasteiger partial charge in [0.2, 0.25) is 0 Å². The second-order valence-electron chi connectivity index (χ2n) is 5.94. The van der Waals surface area contributed by atoms with E-state index in [9.17, 15) is 0 Å². The highest BCUT2D eigenvalue weighted by molar-refractivity contribution is 7.16. The summed E-state index contributed by atoms with van der Waals surface area (Å²) >= 11 is 7.65. The summed E-state index contributed by atoms with van der Waals surface area (Å²) in [4.78, 5) is 3.89. The molecule has 1 aromatic rings. The standard InChI is InChI=1S/C16H27ClN2S/c1-13(15-9-10-16(17)20-15)18-11-6-12-19(2)14-7-4-3-5-8-14/h9-10,13-14,18H,3-8,11-12H2,1-2H3. The van der Waals surface area contributed by atoms with Gasteiger partial charge in [0, 0.05) is 17.0 Å². The van der Waals surface area contributed by atoms with E-state index in [1.807, 2.05) is 6.07 Å². The molecule has 1 N–H and O–H groups in total. The Balaban J connectivity index is 1.61. The maximum absolute atomic E-state index is 5.98. The lowest BCUT2D eigenvalue weighted by Crippen LogP contribution is -2.35. The zero-order valence-corrected chi connectivity index (χ0v) is 14.3. The molecule has 0 aliphatic heterocycles. The molecule has 1 aliphatic rings. The molecule has 1 aromatic heterocycles. The molecular formula is C16H27ClN2S. The molecule has 1 atom stereocenters. The quantitative estimate of drug-likeness (QED) is 0.733. The van der Waals surface area contributed by atoms with E-state index < -0.39 is 0 Å². The normalized spacial score (nSPS) is 18.6. The van der Waals surface area contributed by atoms with E-state index in [1.165, 1.54) is 49.9 Å². The minimum Gasteiger partial charge on any atom is -0.309 e. The maximum Gasteiger partial charge on any atom is 0.0931 e. The Morgan fingerprint density at radius 2 is 2.10 bits per heavy atom. The summed E-state index contributed by atoms with van der Waals surface area (Å²) in [5, 5.41) is 3.60. The van der Waals surface area contributed by atoms with E-state index in [1.54, 1.807) is 11.3 Å². The van der Waals surface area contributed by atoms with Gasteiger partial charge in [0.15, 0.2) is 0 Å². The van der Waals surface area contributed by atoms with E-state index >= 15 is 0 Å². The predicted octanol–water partition coefficient (Wildman–Crippen LogP) is 4.71. The summed E-state index contributed by atoms with van der Waals surface area (Å²) < 4.78 is 0.880. The van der Waals surface area contributed by atoms with Crippen LogP contribution in [0.1, 0.15) is 56.4 Å². The molecule has 2 rings (SSSR count). The molecular weight excluding hydrogens is 288 g/mol. The van der Waals surface area contributed by atoms with Gasteiger partial charge in [-0.05, 0) is 58.5 Å². The Bertz CT molecular complexity index is 388. The van der Waals surface area contributed by atoms with Crippen LogP contribution in [0.5, 0.6) is 0 Å². The zero-order chi connectivity index (χ0) is 14.4. The molecule has 0 saturated heterocycles. The van der Waals surface area contributed by atoms with Gasteiger partial charge in [0.25, 0.3) is 0 Å². The smallest absolute Gasteiger partial charge is 0.0931 e. The van der Waals surface area contributed by atoms with E-state index in [2.05, 4.69) is 30.3 Å². The average molecular weight is 315 g/mol. The molecule has 0 spiro atoms. The van der Waals surface area contributed by atoms with Crippen molar-refractivity contribution in [3.8, 4) is 0 Å². The summed E-state index contributed by atoms with van der Waals surface area (Å²) in [5.74, 6) is 0. The minimum absolute atomic E-state index is 0.410. The summed E-state index contributed by atoms with van der Waals surface area (Å²) in [5.41, 5.74) is 0. The topological polar surface area (TPSA) is 15.3 Å². The van der Waals surface area contributed by atoms with Gasteiger partial charge in [-0.3, -0.25) is 0 Å². The molecule has 20 heavy (non-hydrogen) atoms. The molecule has 0 bridgehead atoms. The Morgan fingerprint density at radius 3 is 2.75 bits per heavy atom. The van der Waals surface area contributed by atoms with Gasteiger partial charge in [-0.15, -0.1) is 11.3 Å². The third kappa shape index (κ3) is 5.03. The molecule has 1 unspecified atom stereocenters. The van der Waals surface area contributed by atoms with E-state index in [-0.39, 0.29) is 0 Å². The minimum atomic E-state index is 0.410. The Labute approximate surface area is 132 Å². The summed E-state index contributed by atoms with van der Waals surface area (Å²) in [6.07, 6.45) is 8.29. The fourth-order valence-corrected chi connectivity index (χ4v) is 4.10. The van der Waals surface area contributed by atoms with Crippen molar-refractivity contribution in [1.82, 2.24) is 10.2 Å². The van der Waals surface area contributed by atoms with E-state index in [4.69, 9.17) is 11.6 Å². The third-order valence-corrected chi connectivity index (χ3v) is 5.77. The monoisotopic (exact) mass is 314 g/mol. The number of nitrogens with one attached hydrogen (secondary N) is 1. The lowest BCUT2D eigenvalue weighted by Gasteiger charge is -2.31. The average Bonchev–Trinajstić information content (AvgIpc) is 2.91. The second kappa shape index (κ2) is 8.38. The van der Waals surface area contributed by atoms with E-state index in [0.717, 1.165) is 16.9 Å². The van der Waals surface area contributed by atoms with Crippen LogP contribution in [0.3, 0.4) is 0 Å². The van der Waals surface area contributed by atoms with Crippen LogP contribution >= 0.6 is 22.9 Å². The van der Waals surface area contributed by atoms with Gasteiger partial charge >= 0.3 is 0 Å². The van der Waals surface area contributed by atoms with Gasteiger partial charge in [-0.1, -0.05) is 30.9 Å². The lowest BCUT2D eigenvalue weighted by atomic mass is 9.94. The number of rotatable bonds is 7. The summed E-state index contributed by atoms with van der Waals surface area (Å²) in [7, 11) is 2.29. The highest BCUT2D eigenvalue weighted by Gasteiger charge is 2.17. The SMILES string of the molecule is CC(NCCCN(C)C1CCCCC1)c1ccc(Cl)s1. The Morgan fingerprint density at radius 1 is 1.35 bits per heavy atom. The molecule has 1 saturated carbocycles. The molecule has 0 radical (unpaired) electrons. The number of halogens is 1. The first-order valence-corrected chi connectivity index (χ1v) is 9.05. The van der Waals surface area contributed by atoms with Crippen molar-refractivity contribution in [3.63, 3.8) is 0 Å². The summed E-state index contributed by atoms with van der Waals surface area (Å²) in [6.45, 7) is 4.50. The van der Waals surface area contributed by atoms with Crippen LogP contribution in [-0.4, -0.2) is 31.1 Å². The Kier molecular flexibility index (Phi) is 6.82. The number of nitrogens with zero attached hydrogens (tertiary/aromatic N) is 1. The molecule has 0 amide bonds. The van der Waals surface area contributed by atoms with Gasteiger partial charge in [0.05, 0.1) is 4.34 Å². The van der Waals surface area contributed by atoms with Crippen LogP contribution in [0.25, 0.3) is 0 Å². The van der Waals surface area contributed by atoms with Crippen molar-refractivity contribution in [2.24, 2.45) is 0 Å². The number of hydrogen-bond acceptors (Lipinski definition) is 3. The lowest BCUT2D eigenvalue weighted by molar-refractivity contribution is 0.189. The van der Waals surface area contributed by atoms with Crippen molar-refractivity contribution in [2.75, 3.05) is 20.1 Å². The molecule has 1 aliphatic carbocycles. The number of hydrogen-bond donors (Lipinski definition) is 1. The first-order valence-electron chi connectivity index (χ1n) is 7.85. The van der Waals surface area contributed by atoms with Crippen LogP contribution in [0.2, 0.25) is 4.34 Å². The zero-order valence-electron chi connectivity index (χ0n) is 12.7. The molecule has 2 nitrogen and oxygen atoms in total. The molecule has 1 heterocycles. The highest BCUT2D eigenvalue weighted by atomic mass is 35.5. The molecule has 1 fully saturated rings. The van der Waals surface area contributed by atoms with Gasteiger partial charge in [-0.2, -0.15) is 0 Å². The number of thiophene rings is 1. The van der Waals surface area contributed by atoms with Crippen molar-refractivity contribution in [3.05, 3.63) is 21.3 Å². The molecule has 0 aromatic carbocycles. The predicted molar refractivity (Wildman–Crippen MR) is 89.9 cm³/mol. The highest BCUT2D eigenvalue weighted by Crippen LogP contribution is 2.26. The molecule has 4 heteroatoms. The Hall–Kier alpha value is -0.0900. The third-order valence-electron chi connectivity index (χ3n) is 4.36. The van der Waals surface area contributed by atoms with Crippen molar-refractivity contribution < 1.29 is 0 Å². The van der Waals surface area contributed by atoms with Crippen molar-refractivity contribution >= 4 is 22.9 Å². The largest absolute Gasteiger partial charge is 0.309 e. The van der Waals surface area contributed by atoms with Gasteiger partial charge in [-0.25, -0.2) is 0 Å². The fraction of sp³-hybridized carbons (Fsp3) is 0.750. The van der Waals surface area contributed by atoms with Crippen LogP contribution in [0, 0.1) is 0 Å². The second-order valence-corrected chi connectivity index (χ2v) is 7.69. The van der Waals surface area contributed by atoms with Crippen LogP contribution in [0.15, 0.2) is 12.1 Å². The van der Waals surface area contributed by atoms with Crippen LogP contribution in [0.4, 0.5) is 0 Å². The van der Waals surface area contributed by atoms with Gasteiger partial charge in [0.1, 0.15) is 0 Å². The summed E-state index contributed by atoms with van der Waals surface area (Å²) in [6, 6.07) is 5.35. The molecule has 114 valence electrons. The van der Waals surface area contributed by atoms with Crippen LogP contribution in [-0.2, 0) is 0 Å². The van der Waals surface area contributed by atoms with Crippen LogP contribution < -0.4 is 5.32 Å². The van der Waals surface area contributed by atoms with Crippen molar-refractivity contribution in [1.29, 1.82) is 0 Å². The first-order chi connectivity index (χ1) is 9.66. The van der Waals surface area contributed by atoms with Crippen molar-refractivity contribution in [2.45, 2.75) is 57.5 Å². The first kappa shape index (κ1) is 16.3. The van der Waals surface area contributed by atoms with E-state index in [0.29, 0.717) is 6.04 Å². The van der Waals surface area contributed by atoms with Gasteiger partial charge < -0.3 is 10.2 Å².